The third-order valence-electron chi connectivity index (χ3n) is 4.83. The molecule has 0 bridgehead atoms. The van der Waals surface area contributed by atoms with Crippen LogP contribution in [0.3, 0.4) is 0 Å². The largest absolute Gasteiger partial charge is 0.390 e. The molecule has 2 rings (SSSR count). The Kier molecular flexibility index (Phi) is 7.96. The summed E-state index contributed by atoms with van der Waals surface area (Å²) in [5.74, 6) is -1.09. The number of aliphatic hydroxyl groups is 2. The number of hydrogen-bond donors (Lipinski definition) is 6. The van der Waals surface area contributed by atoms with Crippen LogP contribution in [0.2, 0.25) is 0 Å². The number of amides is 4. The van der Waals surface area contributed by atoms with E-state index in [-0.39, 0.29) is 17.9 Å². The third-order valence-corrected chi connectivity index (χ3v) is 4.83. The molecule has 1 aromatic rings. The molecule has 1 aromatic carbocycles. The van der Waals surface area contributed by atoms with E-state index in [4.69, 9.17) is 5.73 Å². The fourth-order valence-electron chi connectivity index (χ4n) is 3.19. The lowest BCUT2D eigenvalue weighted by Gasteiger charge is -2.31. The van der Waals surface area contributed by atoms with Crippen molar-refractivity contribution >= 4 is 23.5 Å². The van der Waals surface area contributed by atoms with E-state index < -0.39 is 42.1 Å². The van der Waals surface area contributed by atoms with Crippen molar-refractivity contribution < 1.29 is 24.6 Å². The van der Waals surface area contributed by atoms with Gasteiger partial charge in [-0.15, -0.1) is 0 Å². The highest BCUT2D eigenvalue weighted by atomic mass is 16.3. The number of aliphatic hydroxyl groups excluding tert-OH is 2. The Morgan fingerprint density at radius 2 is 1.80 bits per heavy atom. The molecule has 0 aromatic heterocycles. The van der Waals surface area contributed by atoms with Gasteiger partial charge in [-0.05, 0) is 31.4 Å². The van der Waals surface area contributed by atoms with Gasteiger partial charge in [-0.2, -0.15) is 0 Å². The Labute approximate surface area is 175 Å². The van der Waals surface area contributed by atoms with Crippen molar-refractivity contribution in [3.05, 3.63) is 41.5 Å². The Morgan fingerprint density at radius 1 is 1.17 bits per heavy atom. The number of benzene rings is 1. The second kappa shape index (κ2) is 10.2. The van der Waals surface area contributed by atoms with E-state index in [9.17, 15) is 24.6 Å². The first-order chi connectivity index (χ1) is 14.1. The summed E-state index contributed by atoms with van der Waals surface area (Å²) in [6, 6.07) is 4.70. The van der Waals surface area contributed by atoms with Crippen LogP contribution in [0, 0.1) is 12.8 Å². The summed E-state index contributed by atoms with van der Waals surface area (Å²) in [6.45, 7) is 5.72. The van der Waals surface area contributed by atoms with E-state index >= 15 is 0 Å². The number of anilines is 1. The van der Waals surface area contributed by atoms with E-state index in [0.717, 1.165) is 5.56 Å². The van der Waals surface area contributed by atoms with Gasteiger partial charge < -0.3 is 31.9 Å². The molecule has 0 unspecified atom stereocenters. The number of urea groups is 1. The second-order valence-corrected chi connectivity index (χ2v) is 8.00. The molecule has 7 N–H and O–H groups in total. The van der Waals surface area contributed by atoms with Crippen LogP contribution in [-0.4, -0.2) is 52.4 Å². The molecule has 4 atom stereocenters. The number of nitrogens with one attached hydrogen (secondary N) is 3. The van der Waals surface area contributed by atoms with E-state index in [1.54, 1.807) is 12.1 Å². The van der Waals surface area contributed by atoms with Gasteiger partial charge in [0.15, 0.2) is 0 Å². The number of carbonyl (C=O) groups is 3. The summed E-state index contributed by atoms with van der Waals surface area (Å²) < 4.78 is 0. The van der Waals surface area contributed by atoms with Crippen molar-refractivity contribution in [3.8, 4) is 0 Å². The van der Waals surface area contributed by atoms with Crippen molar-refractivity contribution in [1.82, 2.24) is 10.6 Å². The average Bonchev–Trinajstić information content (AvgIpc) is 2.66. The predicted octanol–water partition coefficient (Wildman–Crippen LogP) is 0.553. The summed E-state index contributed by atoms with van der Waals surface area (Å²) in [6.07, 6.45) is -0.891. The molecular formula is C21H30N4O5. The van der Waals surface area contributed by atoms with Gasteiger partial charge >= 0.3 is 6.03 Å². The minimum Gasteiger partial charge on any atom is -0.390 e. The number of hydrogen-bond acceptors (Lipinski definition) is 5. The topological polar surface area (TPSA) is 154 Å². The van der Waals surface area contributed by atoms with Crippen LogP contribution in [-0.2, 0) is 9.59 Å². The zero-order chi connectivity index (χ0) is 22.4. The van der Waals surface area contributed by atoms with Crippen LogP contribution < -0.4 is 21.7 Å². The molecule has 0 saturated heterocycles. The molecule has 0 fully saturated rings. The van der Waals surface area contributed by atoms with Crippen LogP contribution in [0.25, 0.3) is 0 Å². The minimum absolute atomic E-state index is 0.113. The van der Waals surface area contributed by atoms with E-state index in [0.29, 0.717) is 12.1 Å². The monoisotopic (exact) mass is 418 g/mol. The average molecular weight is 418 g/mol. The zero-order valence-electron chi connectivity index (χ0n) is 17.4. The lowest BCUT2D eigenvalue weighted by atomic mass is 9.89. The van der Waals surface area contributed by atoms with Gasteiger partial charge in [0.25, 0.3) is 0 Å². The van der Waals surface area contributed by atoms with Crippen LogP contribution in [0.5, 0.6) is 0 Å². The number of aryl methyl sites for hydroxylation is 1. The number of nitrogens with two attached hydrogens (primary N) is 1. The molecule has 0 aliphatic heterocycles. The first-order valence-corrected chi connectivity index (χ1v) is 9.88. The van der Waals surface area contributed by atoms with Gasteiger partial charge in [-0.25, -0.2) is 4.79 Å². The Bertz CT molecular complexity index is 806. The van der Waals surface area contributed by atoms with E-state index in [1.165, 1.54) is 6.08 Å². The molecular weight excluding hydrogens is 388 g/mol. The van der Waals surface area contributed by atoms with Crippen LogP contribution in [0.15, 0.2) is 35.9 Å². The van der Waals surface area contributed by atoms with Crippen molar-refractivity contribution in [2.75, 3.05) is 5.32 Å². The van der Waals surface area contributed by atoms with Crippen LogP contribution in [0.4, 0.5) is 10.5 Å². The molecule has 1 aliphatic rings. The maximum Gasteiger partial charge on any atom is 0.319 e. The summed E-state index contributed by atoms with van der Waals surface area (Å²) in [7, 11) is 0. The zero-order valence-corrected chi connectivity index (χ0v) is 17.4. The Balaban J connectivity index is 2.08. The van der Waals surface area contributed by atoms with Crippen molar-refractivity contribution in [3.63, 3.8) is 0 Å². The SMILES string of the molecule is Cc1ccc(NC(=O)N[C@@H]2C=C(C(=O)N[C@H](CC(C)C)C(N)=O)C[C@@H](O)[C@@H]2O)cc1. The van der Waals surface area contributed by atoms with E-state index in [2.05, 4.69) is 16.0 Å². The van der Waals surface area contributed by atoms with Crippen molar-refractivity contribution in [1.29, 1.82) is 0 Å². The standard InChI is InChI=1S/C21H30N4O5/c1-11(2)8-16(19(22)28)24-20(29)13-9-15(18(27)17(26)10-13)25-21(30)23-14-6-4-12(3)5-7-14/h4-7,9,11,15-18,26-27H,8,10H2,1-3H3,(H2,22,28)(H,24,29)(H2,23,25,30)/t15-,16-,17-,18-/m1/s1. The molecule has 0 spiro atoms. The van der Waals surface area contributed by atoms with E-state index in [1.807, 2.05) is 32.9 Å². The van der Waals surface area contributed by atoms with Gasteiger partial charge in [-0.1, -0.05) is 37.6 Å². The number of rotatable bonds is 7. The number of carbonyl (C=O) groups excluding carboxylic acids is 3. The van der Waals surface area contributed by atoms with Gasteiger partial charge in [0.2, 0.25) is 11.8 Å². The van der Waals surface area contributed by atoms with Gasteiger partial charge in [0.05, 0.1) is 12.1 Å². The first-order valence-electron chi connectivity index (χ1n) is 9.88. The molecule has 0 heterocycles. The van der Waals surface area contributed by atoms with Crippen molar-refractivity contribution in [2.24, 2.45) is 11.7 Å². The van der Waals surface area contributed by atoms with Gasteiger partial charge in [-0.3, -0.25) is 9.59 Å². The predicted molar refractivity (Wildman–Crippen MR) is 112 cm³/mol. The normalized spacial score (nSPS) is 22.1. The summed E-state index contributed by atoms with van der Waals surface area (Å²) >= 11 is 0. The highest BCUT2D eigenvalue weighted by molar-refractivity contribution is 5.97. The highest BCUT2D eigenvalue weighted by Crippen LogP contribution is 2.21. The maximum absolute atomic E-state index is 12.6. The summed E-state index contributed by atoms with van der Waals surface area (Å²) in [4.78, 5) is 36.5. The lowest BCUT2D eigenvalue weighted by Crippen LogP contribution is -2.53. The second-order valence-electron chi connectivity index (χ2n) is 8.00. The minimum atomic E-state index is -1.28. The molecule has 9 heteroatoms. The Morgan fingerprint density at radius 3 is 2.37 bits per heavy atom. The quantitative estimate of drug-likeness (QED) is 0.382. The van der Waals surface area contributed by atoms with Crippen LogP contribution >= 0.6 is 0 Å². The fourth-order valence-corrected chi connectivity index (χ4v) is 3.19. The Hall–Kier alpha value is -2.91. The molecule has 164 valence electrons. The maximum atomic E-state index is 12.6. The molecule has 0 radical (unpaired) electrons. The molecule has 9 nitrogen and oxygen atoms in total. The molecule has 1 aliphatic carbocycles. The van der Waals surface area contributed by atoms with Gasteiger partial charge in [0.1, 0.15) is 12.1 Å². The van der Waals surface area contributed by atoms with Crippen LogP contribution in [0.1, 0.15) is 32.3 Å². The fraction of sp³-hybridized carbons (Fsp3) is 0.476. The summed E-state index contributed by atoms with van der Waals surface area (Å²) in [5.41, 5.74) is 7.11. The van der Waals surface area contributed by atoms with Crippen molar-refractivity contribution in [2.45, 2.75) is 57.9 Å². The molecule has 0 saturated carbocycles. The summed E-state index contributed by atoms with van der Waals surface area (Å²) in [5, 5.41) is 28.1. The molecule has 30 heavy (non-hydrogen) atoms. The smallest absolute Gasteiger partial charge is 0.319 e. The third kappa shape index (κ3) is 6.57. The van der Waals surface area contributed by atoms with Gasteiger partial charge in [0, 0.05) is 17.7 Å². The molecule has 4 amide bonds. The first kappa shape index (κ1) is 23.4. The number of primary amides is 1. The highest BCUT2D eigenvalue weighted by Gasteiger charge is 2.34. The lowest BCUT2D eigenvalue weighted by molar-refractivity contribution is -0.126.